The van der Waals surface area contributed by atoms with Crippen LogP contribution in [0.3, 0.4) is 0 Å². The maximum absolute atomic E-state index is 13.0. The number of aliphatic carboxylic acids is 2. The van der Waals surface area contributed by atoms with Crippen LogP contribution in [0.1, 0.15) is 25.7 Å². The summed E-state index contributed by atoms with van der Waals surface area (Å²) in [6.07, 6.45) is -0.945. The number of hydrogen-bond donors (Lipinski definition) is 4. The maximum Gasteiger partial charge on any atom is 0.303 e. The third-order valence-corrected chi connectivity index (χ3v) is 7.51. The monoisotopic (exact) mass is 602 g/mol. The number of nitrogens with two attached hydrogens (primary N) is 1. The van der Waals surface area contributed by atoms with Crippen LogP contribution in [0.5, 0.6) is 0 Å². The second-order valence-corrected chi connectivity index (χ2v) is 10.5. The summed E-state index contributed by atoms with van der Waals surface area (Å²) in [5, 5.41) is 25.0. The van der Waals surface area contributed by atoms with E-state index < -0.39 is 11.9 Å². The Hall–Kier alpha value is -5.24. The quantitative estimate of drug-likeness (QED) is 0.109. The van der Waals surface area contributed by atoms with E-state index in [2.05, 4.69) is 15.4 Å². The molecule has 2 aliphatic rings. The lowest BCUT2D eigenvalue weighted by atomic mass is 9.97. The first-order valence-electron chi connectivity index (χ1n) is 14.2. The molecule has 0 bridgehead atoms. The molecule has 3 aromatic rings. The molecule has 0 aliphatic carbocycles. The minimum Gasteiger partial charge on any atom is -0.481 e. The predicted octanol–water partition coefficient (Wildman–Crippen LogP) is 1.78. The largest absolute Gasteiger partial charge is 0.481 e. The van der Waals surface area contributed by atoms with Crippen LogP contribution < -0.4 is 21.3 Å². The van der Waals surface area contributed by atoms with Crippen molar-refractivity contribution in [3.8, 4) is 0 Å². The molecule has 0 saturated carbocycles. The van der Waals surface area contributed by atoms with Gasteiger partial charge in [0.05, 0.1) is 43.9 Å². The first-order chi connectivity index (χ1) is 21.2. The molecule has 0 aromatic heterocycles. The summed E-state index contributed by atoms with van der Waals surface area (Å²) in [5.41, 5.74) is 4.84. The Bertz CT molecular complexity index is 1570. The number of amides is 2. The van der Waals surface area contributed by atoms with Gasteiger partial charge in [-0.05, 0) is 0 Å². The lowest BCUT2D eigenvalue weighted by Gasteiger charge is -2.33. The Morgan fingerprint density at radius 1 is 0.773 bits per heavy atom. The number of carboxylic acid groups (broad SMARTS) is 2. The number of amidine groups is 1. The summed E-state index contributed by atoms with van der Waals surface area (Å²) in [5.74, 6) is 4.16. The fraction of sp³-hybridized carbons (Fsp3) is 0.333. The molecule has 2 aliphatic heterocycles. The molecule has 2 amide bonds. The molecule has 5 N–H and O–H groups in total. The molecule has 2 heterocycles. The first kappa shape index (κ1) is 30.2. The van der Waals surface area contributed by atoms with E-state index in [0.717, 1.165) is 32.9 Å². The molecule has 0 unspecified atom stereocenters. The zero-order chi connectivity index (χ0) is 31.4. The standard InChI is InChI=1S/C30H34N8O6/c1-35(31)28-19-6-2-4-8-21(19)29(22-9-5-3-7-20(22)28)38(18-23-32-14-16-36(23)24(39)10-12-26(41)42)34-30-33-15-17-37(30)25(40)11-13-27(43)44/h2-9H,10-18,31H2,1H3,(H,33,34)(H,41,42)(H,43,44). The highest BCUT2D eigenvalue weighted by molar-refractivity contribution is 6.21. The Labute approximate surface area is 253 Å². The van der Waals surface area contributed by atoms with Crippen LogP contribution in [0.15, 0.2) is 58.5 Å². The van der Waals surface area contributed by atoms with Crippen molar-refractivity contribution in [2.45, 2.75) is 25.7 Å². The average Bonchev–Trinajstić information content (AvgIpc) is 3.66. The summed E-state index contributed by atoms with van der Waals surface area (Å²) in [4.78, 5) is 60.4. The van der Waals surface area contributed by atoms with Crippen molar-refractivity contribution in [1.29, 1.82) is 0 Å². The summed E-state index contributed by atoms with van der Waals surface area (Å²) in [6, 6.07) is 15.5. The first-order valence-corrected chi connectivity index (χ1v) is 14.2. The number of anilines is 2. The lowest BCUT2D eigenvalue weighted by molar-refractivity contribution is -0.140. The van der Waals surface area contributed by atoms with Crippen LogP contribution in [-0.2, 0) is 19.2 Å². The molecule has 5 rings (SSSR count). The number of carbonyl (C=O) groups excluding carboxylic acids is 2. The highest BCUT2D eigenvalue weighted by Gasteiger charge is 2.31. The van der Waals surface area contributed by atoms with Crippen LogP contribution in [0.4, 0.5) is 11.4 Å². The number of rotatable bonds is 11. The van der Waals surface area contributed by atoms with Gasteiger partial charge in [-0.1, -0.05) is 48.5 Å². The Morgan fingerprint density at radius 2 is 1.25 bits per heavy atom. The van der Waals surface area contributed by atoms with Crippen molar-refractivity contribution in [3.05, 3.63) is 48.5 Å². The SMILES string of the molecule is CN(N)c1c2ccccc2c(N(CC2=NCCN2C(=O)CCC(=O)O)NC2=NCCN2C(=O)CCC(=O)O)c2ccccc12. The molecular formula is C30H34N8O6. The van der Waals surface area contributed by atoms with E-state index in [9.17, 15) is 19.2 Å². The van der Waals surface area contributed by atoms with E-state index in [4.69, 9.17) is 16.1 Å². The van der Waals surface area contributed by atoms with Gasteiger partial charge in [0.15, 0.2) is 0 Å². The molecule has 3 aromatic carbocycles. The highest BCUT2D eigenvalue weighted by Crippen LogP contribution is 2.42. The molecule has 0 fully saturated rings. The molecule has 0 atom stereocenters. The Morgan fingerprint density at radius 3 is 1.77 bits per heavy atom. The topological polar surface area (TPSA) is 184 Å². The molecule has 14 heteroatoms. The minimum absolute atomic E-state index is 0.0702. The maximum atomic E-state index is 13.0. The third kappa shape index (κ3) is 6.24. The zero-order valence-electron chi connectivity index (χ0n) is 24.3. The van der Waals surface area contributed by atoms with Crippen molar-refractivity contribution in [3.63, 3.8) is 0 Å². The van der Waals surface area contributed by atoms with Crippen molar-refractivity contribution in [1.82, 2.24) is 15.2 Å². The second-order valence-electron chi connectivity index (χ2n) is 10.5. The molecule has 0 spiro atoms. The van der Waals surface area contributed by atoms with Gasteiger partial charge in [0.25, 0.3) is 0 Å². The van der Waals surface area contributed by atoms with Gasteiger partial charge >= 0.3 is 11.9 Å². The predicted molar refractivity (Wildman–Crippen MR) is 166 cm³/mol. The normalized spacial score (nSPS) is 14.5. The number of benzene rings is 3. The van der Waals surface area contributed by atoms with Crippen LogP contribution in [0.2, 0.25) is 0 Å². The van der Waals surface area contributed by atoms with Crippen LogP contribution in [-0.4, -0.2) is 95.3 Å². The Balaban J connectivity index is 1.61. The summed E-state index contributed by atoms with van der Waals surface area (Å²) >= 11 is 0. The van der Waals surface area contributed by atoms with Gasteiger partial charge in [0.2, 0.25) is 17.8 Å². The Kier molecular flexibility index (Phi) is 8.90. The minimum atomic E-state index is -1.07. The second kappa shape index (κ2) is 13.0. The number of guanidine groups is 1. The van der Waals surface area contributed by atoms with Crippen molar-refractivity contribution >= 4 is 68.5 Å². The van der Waals surface area contributed by atoms with E-state index in [0.29, 0.717) is 25.5 Å². The van der Waals surface area contributed by atoms with Crippen LogP contribution in [0, 0.1) is 0 Å². The fourth-order valence-corrected chi connectivity index (χ4v) is 5.57. The molecule has 0 radical (unpaired) electrons. The number of aliphatic imine (C=N–C) groups is 2. The van der Waals surface area contributed by atoms with Gasteiger partial charge < -0.3 is 15.2 Å². The van der Waals surface area contributed by atoms with E-state index in [1.807, 2.05) is 48.5 Å². The molecular weight excluding hydrogens is 568 g/mol. The third-order valence-electron chi connectivity index (χ3n) is 7.51. The van der Waals surface area contributed by atoms with Crippen molar-refractivity contribution in [2.75, 3.05) is 49.8 Å². The van der Waals surface area contributed by atoms with E-state index in [1.165, 1.54) is 9.80 Å². The van der Waals surface area contributed by atoms with Gasteiger partial charge in [-0.2, -0.15) is 0 Å². The van der Waals surface area contributed by atoms with Gasteiger partial charge in [0, 0.05) is 54.5 Å². The number of nitrogens with one attached hydrogen (secondary N) is 1. The van der Waals surface area contributed by atoms with E-state index >= 15 is 0 Å². The average molecular weight is 603 g/mol. The number of hydrogen-bond acceptors (Lipinski definition) is 10. The summed E-state index contributed by atoms with van der Waals surface area (Å²) < 4.78 is 0. The van der Waals surface area contributed by atoms with Crippen molar-refractivity contribution in [2.24, 2.45) is 15.8 Å². The smallest absolute Gasteiger partial charge is 0.303 e. The lowest BCUT2D eigenvalue weighted by Crippen LogP contribution is -2.53. The van der Waals surface area contributed by atoms with Gasteiger partial charge in [0.1, 0.15) is 5.84 Å². The van der Waals surface area contributed by atoms with Crippen LogP contribution in [0.25, 0.3) is 21.5 Å². The summed E-state index contributed by atoms with van der Waals surface area (Å²) in [6.45, 7) is 1.37. The van der Waals surface area contributed by atoms with E-state index in [-0.39, 0.29) is 56.5 Å². The molecule has 44 heavy (non-hydrogen) atoms. The van der Waals surface area contributed by atoms with E-state index in [1.54, 1.807) is 17.1 Å². The van der Waals surface area contributed by atoms with Gasteiger partial charge in [-0.15, -0.1) is 0 Å². The molecule has 0 saturated heterocycles. The molecule has 14 nitrogen and oxygen atoms in total. The summed E-state index contributed by atoms with van der Waals surface area (Å²) in [7, 11) is 1.77. The number of nitrogens with zero attached hydrogens (tertiary/aromatic N) is 6. The number of carbonyl (C=O) groups is 4. The number of hydrazine groups is 2. The van der Waals surface area contributed by atoms with Gasteiger partial charge in [-0.25, -0.2) is 10.8 Å². The highest BCUT2D eigenvalue weighted by atomic mass is 16.4. The fourth-order valence-electron chi connectivity index (χ4n) is 5.57. The number of fused-ring (bicyclic) bond motifs is 2. The number of carboxylic acids is 2. The van der Waals surface area contributed by atoms with Gasteiger partial charge in [-0.3, -0.25) is 44.4 Å². The molecule has 230 valence electrons. The zero-order valence-corrected chi connectivity index (χ0v) is 24.3. The van der Waals surface area contributed by atoms with Crippen molar-refractivity contribution < 1.29 is 29.4 Å². The van der Waals surface area contributed by atoms with Crippen LogP contribution >= 0.6 is 0 Å².